The SMILES string of the molecule is CC(C)Cc1cccc(Nc2nc(Nc3ccn4ccnc4c3)cc(N3CC(C)C(C)C3)n2)n1. The van der Waals surface area contributed by atoms with E-state index in [0.717, 1.165) is 54.0 Å². The topological polar surface area (TPSA) is 83.3 Å². The summed E-state index contributed by atoms with van der Waals surface area (Å²) >= 11 is 0. The minimum atomic E-state index is 0.531. The van der Waals surface area contributed by atoms with Crippen LogP contribution in [0.2, 0.25) is 0 Å². The van der Waals surface area contributed by atoms with Gasteiger partial charge in [-0.15, -0.1) is 0 Å². The second kappa shape index (κ2) is 9.29. The van der Waals surface area contributed by atoms with Crippen molar-refractivity contribution < 1.29 is 0 Å². The molecule has 1 fully saturated rings. The van der Waals surface area contributed by atoms with E-state index < -0.39 is 0 Å². The van der Waals surface area contributed by atoms with Crippen molar-refractivity contribution in [1.82, 2.24) is 24.3 Å². The number of fused-ring (bicyclic) bond motifs is 1. The lowest BCUT2D eigenvalue weighted by atomic mass is 10.0. The third-order valence-corrected chi connectivity index (χ3v) is 6.36. The molecule has 8 heteroatoms. The summed E-state index contributed by atoms with van der Waals surface area (Å²) in [6.45, 7) is 11.0. The number of nitrogens with zero attached hydrogens (tertiary/aromatic N) is 6. The lowest BCUT2D eigenvalue weighted by molar-refractivity contribution is 0.494. The van der Waals surface area contributed by atoms with Crippen LogP contribution < -0.4 is 15.5 Å². The normalized spacial score (nSPS) is 18.1. The molecule has 0 amide bonds. The summed E-state index contributed by atoms with van der Waals surface area (Å²) in [7, 11) is 0. The molecule has 0 aromatic carbocycles. The van der Waals surface area contributed by atoms with Gasteiger partial charge in [-0.1, -0.05) is 33.8 Å². The van der Waals surface area contributed by atoms with Crippen LogP contribution >= 0.6 is 0 Å². The molecule has 8 nitrogen and oxygen atoms in total. The highest BCUT2D eigenvalue weighted by Gasteiger charge is 2.27. The number of imidazole rings is 1. The highest BCUT2D eigenvalue weighted by Crippen LogP contribution is 2.30. The van der Waals surface area contributed by atoms with Crippen LogP contribution in [0.3, 0.4) is 0 Å². The van der Waals surface area contributed by atoms with Crippen molar-refractivity contribution in [2.24, 2.45) is 17.8 Å². The number of nitrogens with one attached hydrogen (secondary N) is 2. The van der Waals surface area contributed by atoms with Crippen molar-refractivity contribution in [3.8, 4) is 0 Å². The molecule has 0 spiro atoms. The second-order valence-corrected chi connectivity index (χ2v) is 9.76. The largest absolute Gasteiger partial charge is 0.356 e. The number of aromatic nitrogens is 5. The van der Waals surface area contributed by atoms with E-state index in [1.165, 1.54) is 0 Å². The number of pyridine rings is 2. The molecule has 1 aliphatic rings. The van der Waals surface area contributed by atoms with Crippen molar-refractivity contribution >= 4 is 34.7 Å². The Hall–Kier alpha value is -3.68. The van der Waals surface area contributed by atoms with Gasteiger partial charge < -0.3 is 19.9 Å². The van der Waals surface area contributed by atoms with Gasteiger partial charge >= 0.3 is 0 Å². The molecule has 4 aromatic heterocycles. The summed E-state index contributed by atoms with van der Waals surface area (Å²) < 4.78 is 1.98. The van der Waals surface area contributed by atoms with Crippen LogP contribution in [0, 0.1) is 17.8 Å². The van der Waals surface area contributed by atoms with Crippen molar-refractivity contribution in [1.29, 1.82) is 0 Å². The molecule has 0 aliphatic carbocycles. The molecular formula is C26H32N8. The Bertz CT molecular complexity index is 1270. The summed E-state index contributed by atoms with van der Waals surface area (Å²) in [5.74, 6) is 4.72. The van der Waals surface area contributed by atoms with Gasteiger partial charge in [-0.2, -0.15) is 9.97 Å². The molecule has 2 atom stereocenters. The number of hydrogen-bond donors (Lipinski definition) is 2. The Morgan fingerprint density at radius 2 is 1.76 bits per heavy atom. The molecule has 0 radical (unpaired) electrons. The van der Waals surface area contributed by atoms with Crippen LogP contribution in [0.4, 0.5) is 29.1 Å². The predicted octanol–water partition coefficient (Wildman–Crippen LogP) is 5.30. The summed E-state index contributed by atoms with van der Waals surface area (Å²) in [6.07, 6.45) is 6.64. The summed E-state index contributed by atoms with van der Waals surface area (Å²) in [5.41, 5.74) is 2.87. The van der Waals surface area contributed by atoms with Crippen LogP contribution in [0.15, 0.2) is 55.0 Å². The van der Waals surface area contributed by atoms with Gasteiger partial charge in [0.05, 0.1) is 0 Å². The maximum Gasteiger partial charge on any atom is 0.232 e. The van der Waals surface area contributed by atoms with Crippen LogP contribution in [-0.2, 0) is 6.42 Å². The zero-order chi connectivity index (χ0) is 23.7. The average molecular weight is 457 g/mol. The molecule has 176 valence electrons. The fourth-order valence-corrected chi connectivity index (χ4v) is 4.36. The van der Waals surface area contributed by atoms with Crippen molar-refractivity contribution in [2.75, 3.05) is 28.6 Å². The first-order valence-electron chi connectivity index (χ1n) is 12.0. The zero-order valence-electron chi connectivity index (χ0n) is 20.2. The molecule has 1 aliphatic heterocycles. The van der Waals surface area contributed by atoms with Gasteiger partial charge in [0, 0.05) is 55.2 Å². The summed E-state index contributed by atoms with van der Waals surface area (Å²) in [5, 5.41) is 6.78. The van der Waals surface area contributed by atoms with Crippen LogP contribution in [0.25, 0.3) is 5.65 Å². The highest BCUT2D eigenvalue weighted by molar-refractivity contribution is 5.65. The molecule has 4 aromatic rings. The highest BCUT2D eigenvalue weighted by atomic mass is 15.3. The van der Waals surface area contributed by atoms with Crippen LogP contribution in [0.1, 0.15) is 33.4 Å². The predicted molar refractivity (Wildman–Crippen MR) is 137 cm³/mol. The number of anilines is 5. The monoisotopic (exact) mass is 456 g/mol. The maximum atomic E-state index is 4.86. The second-order valence-electron chi connectivity index (χ2n) is 9.76. The van der Waals surface area contributed by atoms with E-state index in [4.69, 9.17) is 15.0 Å². The maximum absolute atomic E-state index is 4.86. The molecule has 0 bridgehead atoms. The summed E-state index contributed by atoms with van der Waals surface area (Å²) in [6, 6.07) is 12.1. The third kappa shape index (κ3) is 4.95. The molecule has 34 heavy (non-hydrogen) atoms. The van der Waals surface area contributed by atoms with E-state index in [1.54, 1.807) is 6.20 Å². The average Bonchev–Trinajstić information content (AvgIpc) is 3.39. The summed E-state index contributed by atoms with van der Waals surface area (Å²) in [4.78, 5) is 21.1. The van der Waals surface area contributed by atoms with E-state index in [2.05, 4.69) is 54.3 Å². The quantitative estimate of drug-likeness (QED) is 0.390. The standard InChI is InChI=1S/C26H32N8/c1-17(2)12-20-6-5-7-22(28-20)30-26-31-23(14-25(32-26)34-15-18(3)19(4)16-34)29-21-8-10-33-11-9-27-24(33)13-21/h5-11,13-14,17-19H,12,15-16H2,1-4H3,(H2,28,29,30,31,32). The molecule has 0 saturated carbocycles. The van der Waals surface area contributed by atoms with Gasteiger partial charge in [-0.05, 0) is 42.4 Å². The molecule has 2 N–H and O–H groups in total. The molecule has 1 saturated heterocycles. The Labute approximate surface area is 200 Å². The van der Waals surface area contributed by atoms with Gasteiger partial charge in [0.15, 0.2) is 0 Å². The number of rotatable bonds is 7. The fourth-order valence-electron chi connectivity index (χ4n) is 4.36. The van der Waals surface area contributed by atoms with Gasteiger partial charge in [-0.25, -0.2) is 9.97 Å². The first-order chi connectivity index (χ1) is 16.4. The Morgan fingerprint density at radius 3 is 2.56 bits per heavy atom. The first-order valence-corrected chi connectivity index (χ1v) is 12.0. The Balaban J connectivity index is 1.45. The lowest BCUT2D eigenvalue weighted by Gasteiger charge is -2.19. The van der Waals surface area contributed by atoms with Crippen molar-refractivity contribution in [3.05, 3.63) is 60.7 Å². The third-order valence-electron chi connectivity index (χ3n) is 6.36. The van der Waals surface area contributed by atoms with E-state index in [9.17, 15) is 0 Å². The minimum absolute atomic E-state index is 0.531. The first kappa shape index (κ1) is 22.1. The number of hydrogen-bond acceptors (Lipinski definition) is 7. The Morgan fingerprint density at radius 1 is 0.941 bits per heavy atom. The molecular weight excluding hydrogens is 424 g/mol. The lowest BCUT2D eigenvalue weighted by Crippen LogP contribution is -2.21. The van der Waals surface area contributed by atoms with Crippen LogP contribution in [0.5, 0.6) is 0 Å². The Kier molecular flexibility index (Phi) is 6.04. The minimum Gasteiger partial charge on any atom is -0.356 e. The smallest absolute Gasteiger partial charge is 0.232 e. The van der Waals surface area contributed by atoms with E-state index in [1.807, 2.05) is 47.1 Å². The van der Waals surface area contributed by atoms with E-state index in [0.29, 0.717) is 23.7 Å². The van der Waals surface area contributed by atoms with Gasteiger partial charge in [-0.3, -0.25) is 0 Å². The zero-order valence-corrected chi connectivity index (χ0v) is 20.2. The molecule has 5 heterocycles. The van der Waals surface area contributed by atoms with Crippen molar-refractivity contribution in [3.63, 3.8) is 0 Å². The molecule has 2 unspecified atom stereocenters. The van der Waals surface area contributed by atoms with E-state index >= 15 is 0 Å². The van der Waals surface area contributed by atoms with Gasteiger partial charge in [0.1, 0.15) is 23.1 Å². The fraction of sp³-hybridized carbons (Fsp3) is 0.385. The van der Waals surface area contributed by atoms with Gasteiger partial charge in [0.2, 0.25) is 5.95 Å². The van der Waals surface area contributed by atoms with Crippen molar-refractivity contribution in [2.45, 2.75) is 34.1 Å². The van der Waals surface area contributed by atoms with Crippen LogP contribution in [-0.4, -0.2) is 37.4 Å². The molecule has 5 rings (SSSR count). The van der Waals surface area contributed by atoms with Gasteiger partial charge in [0.25, 0.3) is 0 Å². The van der Waals surface area contributed by atoms with E-state index in [-0.39, 0.29) is 0 Å².